The van der Waals surface area contributed by atoms with Gasteiger partial charge in [-0.15, -0.1) is 0 Å². The Morgan fingerprint density at radius 2 is 1.61 bits per heavy atom. The van der Waals surface area contributed by atoms with Gasteiger partial charge in [-0.2, -0.15) is 0 Å². The Kier molecular flexibility index (Phi) is 7.96. The van der Waals surface area contributed by atoms with Gasteiger partial charge in [0.15, 0.2) is 10.7 Å². The molecule has 0 unspecified atom stereocenters. The molecule has 0 bridgehead atoms. The molecule has 184 valence electrons. The van der Waals surface area contributed by atoms with E-state index in [2.05, 4.69) is 67.6 Å². The Bertz CT molecular complexity index is 1380. The zero-order chi connectivity index (χ0) is 25.7. The first-order valence-corrected chi connectivity index (χ1v) is 12.6. The lowest BCUT2D eigenvalue weighted by Gasteiger charge is -2.08. The van der Waals surface area contributed by atoms with Crippen molar-refractivity contribution in [1.29, 1.82) is 0 Å². The smallest absolute Gasteiger partial charge is 0.250 e. The Balaban J connectivity index is 1.29. The minimum Gasteiger partial charge on any atom is -0.436 e. The van der Waals surface area contributed by atoms with Gasteiger partial charge >= 0.3 is 0 Å². The van der Waals surface area contributed by atoms with Gasteiger partial charge in [0.25, 0.3) is 0 Å². The molecule has 36 heavy (non-hydrogen) atoms. The molecule has 1 heterocycles. The molecule has 0 atom stereocenters. The zero-order valence-corrected chi connectivity index (χ0v) is 21.9. The zero-order valence-electron chi connectivity index (χ0n) is 21.0. The van der Waals surface area contributed by atoms with Gasteiger partial charge in [0, 0.05) is 18.2 Å². The first-order valence-electron chi connectivity index (χ1n) is 12.1. The van der Waals surface area contributed by atoms with Crippen LogP contribution >= 0.6 is 12.2 Å². The fourth-order valence-electron chi connectivity index (χ4n) is 3.74. The molecule has 0 radical (unpaired) electrons. The average molecular weight is 498 g/mol. The van der Waals surface area contributed by atoms with E-state index in [9.17, 15) is 4.79 Å². The summed E-state index contributed by atoms with van der Waals surface area (Å²) in [5, 5.41) is 6.04. The Labute approximate surface area is 217 Å². The van der Waals surface area contributed by atoms with E-state index in [1.54, 1.807) is 6.08 Å². The Morgan fingerprint density at radius 1 is 0.944 bits per heavy atom. The third-order valence-corrected chi connectivity index (χ3v) is 6.25. The number of benzene rings is 3. The number of rotatable bonds is 7. The van der Waals surface area contributed by atoms with E-state index in [4.69, 9.17) is 16.6 Å². The van der Waals surface area contributed by atoms with Crippen LogP contribution < -0.4 is 10.6 Å². The maximum absolute atomic E-state index is 12.2. The highest BCUT2D eigenvalue weighted by molar-refractivity contribution is 7.80. The van der Waals surface area contributed by atoms with E-state index < -0.39 is 0 Å². The number of hydrogen-bond acceptors (Lipinski definition) is 4. The summed E-state index contributed by atoms with van der Waals surface area (Å²) < 4.78 is 5.94. The summed E-state index contributed by atoms with van der Waals surface area (Å²) in [6, 6.07) is 22.2. The fourth-order valence-corrected chi connectivity index (χ4v) is 3.91. The van der Waals surface area contributed by atoms with Gasteiger partial charge in [0.05, 0.1) is 0 Å². The molecular formula is C30H31N3O2S. The number of oxazole rings is 1. The molecule has 1 amide bonds. The molecule has 0 aliphatic rings. The number of thiocarbonyl (C=S) groups is 1. The quantitative estimate of drug-likeness (QED) is 0.214. The SMILES string of the molecule is CC(C)c1ccc(/C=C/C(=O)NC(=S)NCc2ccc(-c3nc4cc(C(C)C)ccc4o3)cc2)cc1. The average Bonchev–Trinajstić information content (AvgIpc) is 3.30. The maximum atomic E-state index is 12.2. The molecule has 0 aliphatic heterocycles. The normalized spacial score (nSPS) is 11.5. The number of fused-ring (bicyclic) bond motifs is 1. The predicted octanol–water partition coefficient (Wildman–Crippen LogP) is 6.95. The third-order valence-electron chi connectivity index (χ3n) is 6.00. The molecule has 3 aromatic carbocycles. The van der Waals surface area contributed by atoms with Crippen molar-refractivity contribution in [3.05, 3.63) is 95.1 Å². The van der Waals surface area contributed by atoms with Crippen LogP contribution in [0.5, 0.6) is 0 Å². The van der Waals surface area contributed by atoms with Crippen LogP contribution in [0.4, 0.5) is 0 Å². The molecule has 2 N–H and O–H groups in total. The highest BCUT2D eigenvalue weighted by Gasteiger charge is 2.10. The molecule has 0 saturated carbocycles. The Morgan fingerprint density at radius 3 is 2.28 bits per heavy atom. The van der Waals surface area contributed by atoms with Crippen LogP contribution in [0.3, 0.4) is 0 Å². The third kappa shape index (κ3) is 6.46. The van der Waals surface area contributed by atoms with Crippen molar-refractivity contribution in [3.8, 4) is 11.5 Å². The Hall–Kier alpha value is -3.77. The molecular weight excluding hydrogens is 466 g/mol. The standard InChI is InChI=1S/C30H31N3O2S/c1-19(2)23-10-5-21(6-11-23)9-16-28(34)33-30(36)31-18-22-7-12-24(13-8-22)29-32-26-17-25(20(3)4)14-15-27(26)35-29/h5-17,19-20H,18H2,1-4H3,(H2,31,33,34,36)/b16-9+. The first-order chi connectivity index (χ1) is 17.3. The van der Waals surface area contributed by atoms with Crippen molar-refractivity contribution in [2.45, 2.75) is 46.1 Å². The molecule has 5 nitrogen and oxygen atoms in total. The number of amides is 1. The fraction of sp³-hybridized carbons (Fsp3) is 0.233. The second kappa shape index (κ2) is 11.3. The van der Waals surface area contributed by atoms with Gasteiger partial charge in [-0.25, -0.2) is 4.98 Å². The molecule has 4 aromatic rings. The number of aromatic nitrogens is 1. The van der Waals surface area contributed by atoms with Crippen molar-refractivity contribution in [2.24, 2.45) is 0 Å². The predicted molar refractivity (Wildman–Crippen MR) is 151 cm³/mol. The van der Waals surface area contributed by atoms with E-state index in [1.807, 2.05) is 42.5 Å². The van der Waals surface area contributed by atoms with E-state index in [-0.39, 0.29) is 11.0 Å². The van der Waals surface area contributed by atoms with Gasteiger partial charge in [-0.05, 0) is 76.6 Å². The molecule has 1 aromatic heterocycles. The maximum Gasteiger partial charge on any atom is 0.250 e. The number of carbonyl (C=O) groups excluding carboxylic acids is 1. The van der Waals surface area contributed by atoms with Crippen LogP contribution in [0.15, 0.2) is 77.2 Å². The van der Waals surface area contributed by atoms with E-state index in [0.29, 0.717) is 24.3 Å². The van der Waals surface area contributed by atoms with Gasteiger partial charge in [-0.1, -0.05) is 70.2 Å². The molecule has 0 spiro atoms. The molecule has 0 fully saturated rings. The second-order valence-electron chi connectivity index (χ2n) is 9.42. The van der Waals surface area contributed by atoms with Crippen molar-refractivity contribution < 1.29 is 9.21 Å². The van der Waals surface area contributed by atoms with Crippen LogP contribution in [0.1, 0.15) is 61.8 Å². The van der Waals surface area contributed by atoms with Crippen LogP contribution in [0.2, 0.25) is 0 Å². The summed E-state index contributed by atoms with van der Waals surface area (Å²) >= 11 is 5.27. The monoisotopic (exact) mass is 497 g/mol. The van der Waals surface area contributed by atoms with Gasteiger partial charge in [0.2, 0.25) is 11.8 Å². The molecule has 0 aliphatic carbocycles. The van der Waals surface area contributed by atoms with Crippen molar-refractivity contribution >= 4 is 40.4 Å². The van der Waals surface area contributed by atoms with E-state index in [0.717, 1.165) is 27.8 Å². The summed E-state index contributed by atoms with van der Waals surface area (Å²) in [6.07, 6.45) is 3.26. The molecule has 4 rings (SSSR count). The number of nitrogens with one attached hydrogen (secondary N) is 2. The largest absolute Gasteiger partial charge is 0.436 e. The van der Waals surface area contributed by atoms with Gasteiger partial charge in [0.1, 0.15) is 5.52 Å². The highest BCUT2D eigenvalue weighted by atomic mass is 32.1. The summed E-state index contributed by atoms with van der Waals surface area (Å²) in [6.45, 7) is 9.12. The van der Waals surface area contributed by atoms with E-state index >= 15 is 0 Å². The number of hydrogen-bond donors (Lipinski definition) is 2. The summed E-state index contributed by atoms with van der Waals surface area (Å²) in [5.74, 6) is 1.24. The molecule has 6 heteroatoms. The van der Waals surface area contributed by atoms with Crippen molar-refractivity contribution in [1.82, 2.24) is 15.6 Å². The minimum atomic E-state index is -0.271. The minimum absolute atomic E-state index is 0.271. The first kappa shape index (κ1) is 25.3. The lowest BCUT2D eigenvalue weighted by Crippen LogP contribution is -2.37. The topological polar surface area (TPSA) is 67.2 Å². The van der Waals surface area contributed by atoms with Crippen LogP contribution in [0.25, 0.3) is 28.6 Å². The number of nitrogens with zero attached hydrogens (tertiary/aromatic N) is 1. The van der Waals surface area contributed by atoms with Crippen LogP contribution in [-0.2, 0) is 11.3 Å². The lowest BCUT2D eigenvalue weighted by molar-refractivity contribution is -0.115. The van der Waals surface area contributed by atoms with Crippen LogP contribution in [0, 0.1) is 0 Å². The van der Waals surface area contributed by atoms with Crippen molar-refractivity contribution in [3.63, 3.8) is 0 Å². The molecule has 0 saturated heterocycles. The summed E-state index contributed by atoms with van der Waals surface area (Å²) in [4.78, 5) is 16.9. The second-order valence-corrected chi connectivity index (χ2v) is 9.83. The highest BCUT2D eigenvalue weighted by Crippen LogP contribution is 2.27. The van der Waals surface area contributed by atoms with E-state index in [1.165, 1.54) is 17.2 Å². The summed E-state index contributed by atoms with van der Waals surface area (Å²) in [5.41, 5.74) is 7.05. The number of carbonyl (C=O) groups is 1. The van der Waals surface area contributed by atoms with Gasteiger partial charge in [-0.3, -0.25) is 10.1 Å². The van der Waals surface area contributed by atoms with Crippen molar-refractivity contribution in [2.75, 3.05) is 0 Å². The van der Waals surface area contributed by atoms with Crippen LogP contribution in [-0.4, -0.2) is 16.0 Å². The lowest BCUT2D eigenvalue weighted by atomic mass is 10.0. The summed E-state index contributed by atoms with van der Waals surface area (Å²) in [7, 11) is 0. The van der Waals surface area contributed by atoms with Gasteiger partial charge < -0.3 is 9.73 Å².